The molecule has 0 unspecified atom stereocenters. The minimum atomic E-state index is -0.541. The van der Waals surface area contributed by atoms with Gasteiger partial charge in [0.05, 0.1) is 24.7 Å². The SMILES string of the molecule is COc1ccc(C)cc1C(=O)CCC(=O)N1CCC2(CC1)CC(=O)c1cc(C)ccc1O2. The van der Waals surface area contributed by atoms with Crippen LogP contribution in [0.1, 0.15) is 63.9 Å². The standard InChI is InChI=1S/C26H29NO5/c1-17-4-7-23(31-3)19(14-17)21(28)6-9-25(30)27-12-10-26(11-13-27)16-22(29)20-15-18(2)5-8-24(20)32-26/h4-5,7-8,14-15H,6,9-13,16H2,1-3H3. The zero-order chi connectivity index (χ0) is 22.9. The van der Waals surface area contributed by atoms with Crippen LogP contribution in [-0.2, 0) is 4.79 Å². The van der Waals surface area contributed by atoms with E-state index in [2.05, 4.69) is 0 Å². The molecule has 2 aromatic rings. The molecule has 0 radical (unpaired) electrons. The average molecular weight is 436 g/mol. The number of aryl methyl sites for hydroxylation is 2. The summed E-state index contributed by atoms with van der Waals surface area (Å²) < 4.78 is 11.6. The van der Waals surface area contributed by atoms with Crippen molar-refractivity contribution in [2.75, 3.05) is 20.2 Å². The molecule has 1 saturated heterocycles. The van der Waals surface area contributed by atoms with Gasteiger partial charge >= 0.3 is 0 Å². The number of hydrogen-bond acceptors (Lipinski definition) is 5. The van der Waals surface area contributed by atoms with Crippen LogP contribution < -0.4 is 9.47 Å². The van der Waals surface area contributed by atoms with E-state index in [4.69, 9.17) is 9.47 Å². The summed E-state index contributed by atoms with van der Waals surface area (Å²) in [5.74, 6) is 1.14. The van der Waals surface area contributed by atoms with Crippen molar-refractivity contribution in [3.05, 3.63) is 58.7 Å². The van der Waals surface area contributed by atoms with Gasteiger partial charge in [-0.1, -0.05) is 23.3 Å². The first-order valence-corrected chi connectivity index (χ1v) is 11.1. The van der Waals surface area contributed by atoms with Gasteiger partial charge in [0.15, 0.2) is 11.6 Å². The topological polar surface area (TPSA) is 72.9 Å². The van der Waals surface area contributed by atoms with E-state index in [1.807, 2.05) is 38.1 Å². The number of methoxy groups -OCH3 is 1. The fourth-order valence-corrected chi connectivity index (χ4v) is 4.60. The number of hydrogen-bond donors (Lipinski definition) is 0. The molecule has 1 fully saturated rings. The number of carbonyl (C=O) groups is 3. The van der Waals surface area contributed by atoms with Gasteiger partial charge in [0.1, 0.15) is 17.1 Å². The maximum atomic E-state index is 12.8. The molecule has 6 nitrogen and oxygen atoms in total. The number of fused-ring (bicyclic) bond motifs is 1. The summed E-state index contributed by atoms with van der Waals surface area (Å²) in [5, 5.41) is 0. The van der Waals surface area contributed by atoms with Gasteiger partial charge in [0.25, 0.3) is 0 Å². The number of likely N-dealkylation sites (tertiary alicyclic amines) is 1. The van der Waals surface area contributed by atoms with Crippen LogP contribution >= 0.6 is 0 Å². The van der Waals surface area contributed by atoms with Gasteiger partial charge in [-0.2, -0.15) is 0 Å². The Morgan fingerprint density at radius 3 is 2.44 bits per heavy atom. The Labute approximate surface area is 188 Å². The number of amides is 1. The van der Waals surface area contributed by atoms with Crippen LogP contribution in [0.5, 0.6) is 11.5 Å². The predicted octanol–water partition coefficient (Wildman–Crippen LogP) is 4.30. The summed E-state index contributed by atoms with van der Waals surface area (Å²) in [5.41, 5.74) is 2.64. The summed E-state index contributed by atoms with van der Waals surface area (Å²) in [6, 6.07) is 11.2. The molecule has 0 aromatic heterocycles. The molecule has 2 heterocycles. The fraction of sp³-hybridized carbons (Fsp3) is 0.423. The zero-order valence-electron chi connectivity index (χ0n) is 18.9. The molecule has 2 aliphatic rings. The summed E-state index contributed by atoms with van der Waals surface area (Å²) in [6.07, 6.45) is 1.86. The molecule has 0 aliphatic carbocycles. The van der Waals surface area contributed by atoms with Crippen molar-refractivity contribution in [3.63, 3.8) is 0 Å². The highest BCUT2D eigenvalue weighted by molar-refractivity contribution is 6.01. The third kappa shape index (κ3) is 4.40. The highest BCUT2D eigenvalue weighted by Crippen LogP contribution is 2.39. The van der Waals surface area contributed by atoms with Crippen molar-refractivity contribution < 1.29 is 23.9 Å². The molecule has 2 aliphatic heterocycles. The van der Waals surface area contributed by atoms with E-state index in [1.165, 1.54) is 7.11 Å². The fourth-order valence-electron chi connectivity index (χ4n) is 4.60. The second kappa shape index (κ2) is 8.77. The van der Waals surface area contributed by atoms with E-state index in [0.29, 0.717) is 55.0 Å². The first-order chi connectivity index (χ1) is 15.3. The van der Waals surface area contributed by atoms with Crippen molar-refractivity contribution in [3.8, 4) is 11.5 Å². The van der Waals surface area contributed by atoms with Crippen LogP contribution in [0.15, 0.2) is 36.4 Å². The summed E-state index contributed by atoms with van der Waals surface area (Å²) in [4.78, 5) is 39.9. The van der Waals surface area contributed by atoms with Crippen LogP contribution in [0.2, 0.25) is 0 Å². The Bertz CT molecular complexity index is 1070. The van der Waals surface area contributed by atoms with Crippen molar-refractivity contribution in [2.24, 2.45) is 0 Å². The third-order valence-electron chi connectivity index (χ3n) is 6.49. The van der Waals surface area contributed by atoms with Gasteiger partial charge in [0.2, 0.25) is 5.91 Å². The van der Waals surface area contributed by atoms with Crippen molar-refractivity contribution >= 4 is 17.5 Å². The average Bonchev–Trinajstić information content (AvgIpc) is 2.78. The molecular formula is C26H29NO5. The van der Waals surface area contributed by atoms with E-state index in [0.717, 1.165) is 11.1 Å². The Kier molecular flexibility index (Phi) is 6.04. The van der Waals surface area contributed by atoms with Crippen LogP contribution in [0.25, 0.3) is 0 Å². The lowest BCUT2D eigenvalue weighted by molar-refractivity contribution is -0.134. The Balaban J connectivity index is 1.34. The monoisotopic (exact) mass is 435 g/mol. The first kappa shape index (κ1) is 22.1. The molecule has 0 atom stereocenters. The Hall–Kier alpha value is -3.15. The smallest absolute Gasteiger partial charge is 0.223 e. The molecule has 1 amide bonds. The molecule has 6 heteroatoms. The largest absolute Gasteiger partial charge is 0.496 e. The maximum absolute atomic E-state index is 12.8. The zero-order valence-corrected chi connectivity index (χ0v) is 18.9. The second-order valence-corrected chi connectivity index (χ2v) is 8.89. The number of carbonyl (C=O) groups excluding carboxylic acids is 3. The van der Waals surface area contributed by atoms with Crippen LogP contribution in [0, 0.1) is 13.8 Å². The summed E-state index contributed by atoms with van der Waals surface area (Å²) in [6.45, 7) is 4.93. The quantitative estimate of drug-likeness (QED) is 0.655. The van der Waals surface area contributed by atoms with Crippen molar-refractivity contribution in [1.29, 1.82) is 0 Å². The highest BCUT2D eigenvalue weighted by atomic mass is 16.5. The number of Topliss-reactive ketones (excluding diaryl/α,β-unsaturated/α-hetero) is 2. The molecule has 32 heavy (non-hydrogen) atoms. The molecule has 4 rings (SSSR count). The van der Waals surface area contributed by atoms with Crippen LogP contribution in [0.3, 0.4) is 0 Å². The number of nitrogens with zero attached hydrogens (tertiary/aromatic N) is 1. The Morgan fingerprint density at radius 2 is 1.72 bits per heavy atom. The van der Waals surface area contributed by atoms with Gasteiger partial charge < -0.3 is 14.4 Å². The van der Waals surface area contributed by atoms with E-state index >= 15 is 0 Å². The normalized spacial score (nSPS) is 17.0. The van der Waals surface area contributed by atoms with Gasteiger partial charge in [-0.15, -0.1) is 0 Å². The number of piperidine rings is 1. The second-order valence-electron chi connectivity index (χ2n) is 8.89. The minimum Gasteiger partial charge on any atom is -0.496 e. The molecular weight excluding hydrogens is 406 g/mol. The summed E-state index contributed by atoms with van der Waals surface area (Å²) in [7, 11) is 1.54. The lowest BCUT2D eigenvalue weighted by atomic mass is 9.82. The van der Waals surface area contributed by atoms with Crippen molar-refractivity contribution in [2.45, 2.75) is 51.6 Å². The van der Waals surface area contributed by atoms with E-state index in [-0.39, 0.29) is 30.3 Å². The number of rotatable bonds is 5. The van der Waals surface area contributed by atoms with E-state index < -0.39 is 5.60 Å². The minimum absolute atomic E-state index is 0.0435. The molecule has 2 aromatic carbocycles. The van der Waals surface area contributed by atoms with Gasteiger partial charge in [-0.25, -0.2) is 0 Å². The highest BCUT2D eigenvalue weighted by Gasteiger charge is 2.43. The molecule has 0 N–H and O–H groups in total. The number of benzene rings is 2. The molecule has 0 saturated carbocycles. The summed E-state index contributed by atoms with van der Waals surface area (Å²) >= 11 is 0. The first-order valence-electron chi connectivity index (χ1n) is 11.1. The maximum Gasteiger partial charge on any atom is 0.223 e. The van der Waals surface area contributed by atoms with Crippen molar-refractivity contribution in [1.82, 2.24) is 4.90 Å². The lowest BCUT2D eigenvalue weighted by Crippen LogP contribution is -2.52. The van der Waals surface area contributed by atoms with Gasteiger partial charge in [-0.3, -0.25) is 14.4 Å². The van der Waals surface area contributed by atoms with E-state index in [1.54, 1.807) is 17.0 Å². The predicted molar refractivity (Wildman–Crippen MR) is 121 cm³/mol. The van der Waals surface area contributed by atoms with Crippen LogP contribution in [-0.4, -0.2) is 48.2 Å². The molecule has 0 bridgehead atoms. The lowest BCUT2D eigenvalue weighted by Gasteiger charge is -2.44. The Morgan fingerprint density at radius 1 is 1.03 bits per heavy atom. The molecule has 168 valence electrons. The molecule has 1 spiro atoms. The van der Waals surface area contributed by atoms with Gasteiger partial charge in [-0.05, 0) is 38.1 Å². The number of ether oxygens (including phenoxy) is 2. The van der Waals surface area contributed by atoms with E-state index in [9.17, 15) is 14.4 Å². The number of ketones is 2. The third-order valence-corrected chi connectivity index (χ3v) is 6.49. The van der Waals surface area contributed by atoms with Crippen LogP contribution in [0.4, 0.5) is 0 Å². The van der Waals surface area contributed by atoms with Gasteiger partial charge in [0, 0.05) is 38.8 Å².